The van der Waals surface area contributed by atoms with Gasteiger partial charge in [-0.05, 0) is 24.1 Å². The van der Waals surface area contributed by atoms with Crippen molar-refractivity contribution < 1.29 is 14.4 Å². The second-order valence-corrected chi connectivity index (χ2v) is 6.80. The lowest BCUT2D eigenvalue weighted by molar-refractivity contribution is -0.385. The lowest BCUT2D eigenvalue weighted by Crippen LogP contribution is -2.23. The van der Waals surface area contributed by atoms with Crippen molar-refractivity contribution in [2.24, 2.45) is 11.7 Å². The number of nitro benzene ring substituents is 1. The molecule has 7 nitrogen and oxygen atoms in total. The quantitative estimate of drug-likeness (QED) is 0.594. The summed E-state index contributed by atoms with van der Waals surface area (Å²) in [4.78, 5) is 13.4. The molecule has 0 unspecified atom stereocenters. The molecule has 2 aromatic rings. The number of hydrogen-bond acceptors (Lipinski definition) is 6. The highest BCUT2D eigenvalue weighted by Gasteiger charge is 2.34. The summed E-state index contributed by atoms with van der Waals surface area (Å²) in [5.74, 6) is 1.51. The van der Waals surface area contributed by atoms with E-state index in [4.69, 9.17) is 15.2 Å². The van der Waals surface area contributed by atoms with Gasteiger partial charge in [0.2, 0.25) is 0 Å². The van der Waals surface area contributed by atoms with Crippen LogP contribution in [-0.4, -0.2) is 43.7 Å². The molecule has 1 aliphatic rings. The fraction of sp³-hybridized carbons (Fsp3) is 0.400. The van der Waals surface area contributed by atoms with Gasteiger partial charge in [0.15, 0.2) is 11.5 Å². The average molecular weight is 371 g/mol. The molecule has 144 valence electrons. The van der Waals surface area contributed by atoms with Crippen LogP contribution in [0, 0.1) is 16.0 Å². The summed E-state index contributed by atoms with van der Waals surface area (Å²) in [6.45, 7) is 2.68. The molecule has 0 aromatic heterocycles. The van der Waals surface area contributed by atoms with Crippen molar-refractivity contribution in [3.05, 3.63) is 63.7 Å². The Labute approximate surface area is 158 Å². The van der Waals surface area contributed by atoms with Gasteiger partial charge in [-0.1, -0.05) is 30.3 Å². The van der Waals surface area contributed by atoms with Crippen molar-refractivity contribution in [1.29, 1.82) is 0 Å². The molecule has 0 radical (unpaired) electrons. The van der Waals surface area contributed by atoms with Crippen molar-refractivity contribution >= 4 is 5.69 Å². The summed E-state index contributed by atoms with van der Waals surface area (Å²) in [6, 6.07) is 13.4. The highest BCUT2D eigenvalue weighted by Crippen LogP contribution is 2.37. The number of likely N-dealkylation sites (tertiary alicyclic amines) is 1. The fourth-order valence-corrected chi connectivity index (χ4v) is 3.85. The molecule has 7 heteroatoms. The van der Waals surface area contributed by atoms with Crippen molar-refractivity contribution in [3.8, 4) is 11.5 Å². The van der Waals surface area contributed by atoms with Crippen LogP contribution in [0.2, 0.25) is 0 Å². The molecule has 0 aliphatic carbocycles. The van der Waals surface area contributed by atoms with Crippen LogP contribution in [0.5, 0.6) is 11.5 Å². The summed E-state index contributed by atoms with van der Waals surface area (Å²) >= 11 is 0. The normalized spacial score (nSPS) is 19.8. The van der Waals surface area contributed by atoms with Crippen LogP contribution in [0.1, 0.15) is 17.0 Å². The van der Waals surface area contributed by atoms with E-state index < -0.39 is 0 Å². The predicted molar refractivity (Wildman–Crippen MR) is 103 cm³/mol. The molecule has 3 rings (SSSR count). The minimum absolute atomic E-state index is 0.0418. The summed E-state index contributed by atoms with van der Waals surface area (Å²) in [7, 11) is 3.00. The van der Waals surface area contributed by atoms with Crippen LogP contribution in [0.3, 0.4) is 0 Å². The first-order chi connectivity index (χ1) is 13.1. The van der Waals surface area contributed by atoms with Gasteiger partial charge in [0.25, 0.3) is 5.69 Å². The van der Waals surface area contributed by atoms with Gasteiger partial charge in [-0.2, -0.15) is 0 Å². The molecule has 1 heterocycles. The third-order valence-corrected chi connectivity index (χ3v) is 5.22. The minimum Gasteiger partial charge on any atom is -0.493 e. The van der Waals surface area contributed by atoms with E-state index in [1.54, 1.807) is 6.07 Å². The molecule has 0 amide bonds. The Morgan fingerprint density at radius 2 is 1.81 bits per heavy atom. The molecule has 2 aromatic carbocycles. The zero-order chi connectivity index (χ0) is 19.4. The van der Waals surface area contributed by atoms with E-state index in [1.807, 2.05) is 18.2 Å². The van der Waals surface area contributed by atoms with Crippen LogP contribution in [0.15, 0.2) is 42.5 Å². The topological polar surface area (TPSA) is 90.9 Å². The van der Waals surface area contributed by atoms with Crippen LogP contribution < -0.4 is 15.2 Å². The maximum absolute atomic E-state index is 11.5. The number of hydrogen-bond donors (Lipinski definition) is 1. The van der Waals surface area contributed by atoms with Crippen molar-refractivity contribution in [3.63, 3.8) is 0 Å². The molecular formula is C20H25N3O4. The van der Waals surface area contributed by atoms with E-state index in [0.29, 0.717) is 42.0 Å². The highest BCUT2D eigenvalue weighted by atomic mass is 16.6. The zero-order valence-electron chi connectivity index (χ0n) is 15.6. The van der Waals surface area contributed by atoms with Gasteiger partial charge in [-0.3, -0.25) is 15.0 Å². The van der Waals surface area contributed by atoms with E-state index in [1.165, 1.54) is 25.8 Å². The molecule has 1 aliphatic heterocycles. The number of nitro groups is 1. The van der Waals surface area contributed by atoms with Gasteiger partial charge >= 0.3 is 0 Å². The molecule has 27 heavy (non-hydrogen) atoms. The van der Waals surface area contributed by atoms with Crippen molar-refractivity contribution in [2.75, 3.05) is 33.9 Å². The highest BCUT2D eigenvalue weighted by molar-refractivity contribution is 5.54. The first kappa shape index (κ1) is 19.1. The third kappa shape index (κ3) is 4.04. The Kier molecular flexibility index (Phi) is 5.93. The molecule has 1 saturated heterocycles. The first-order valence-electron chi connectivity index (χ1n) is 8.94. The number of nitrogens with two attached hydrogens (primary N) is 1. The van der Waals surface area contributed by atoms with Crippen LogP contribution >= 0.6 is 0 Å². The standard InChI is InChI=1S/C20H25N3O4/c1-26-19-8-15(18(23(24)25)9-20(19)27-2)11-22-12-16(10-21)17(13-22)14-6-4-3-5-7-14/h3-9,16-17H,10-13,21H2,1-2H3/t16-,17+/m1/s1. The van der Waals surface area contributed by atoms with Gasteiger partial charge in [0.1, 0.15) is 0 Å². The third-order valence-electron chi connectivity index (χ3n) is 5.22. The van der Waals surface area contributed by atoms with Gasteiger partial charge < -0.3 is 15.2 Å². The SMILES string of the molecule is COc1cc(CN2C[C@@H](CN)[C@H](c3ccccc3)C2)c([N+](=O)[O-])cc1OC. The molecule has 0 bridgehead atoms. The Morgan fingerprint density at radius 1 is 1.15 bits per heavy atom. The van der Waals surface area contributed by atoms with Crippen LogP contribution in [-0.2, 0) is 6.54 Å². The molecule has 0 saturated carbocycles. The Hall–Kier alpha value is -2.64. The smallest absolute Gasteiger partial charge is 0.277 e. The lowest BCUT2D eigenvalue weighted by atomic mass is 9.89. The first-order valence-corrected chi connectivity index (χ1v) is 8.94. The molecule has 0 spiro atoms. The lowest BCUT2D eigenvalue weighted by Gasteiger charge is -2.17. The van der Waals surface area contributed by atoms with Crippen molar-refractivity contribution in [1.82, 2.24) is 4.90 Å². The van der Waals surface area contributed by atoms with E-state index in [9.17, 15) is 10.1 Å². The second kappa shape index (κ2) is 8.37. The summed E-state index contributed by atoms with van der Waals surface area (Å²) < 4.78 is 10.5. The van der Waals surface area contributed by atoms with E-state index in [-0.39, 0.29) is 10.6 Å². The van der Waals surface area contributed by atoms with Crippen LogP contribution in [0.4, 0.5) is 5.69 Å². The van der Waals surface area contributed by atoms with Gasteiger partial charge in [-0.25, -0.2) is 0 Å². The summed E-state index contributed by atoms with van der Waals surface area (Å²) in [5, 5.41) is 11.5. The number of methoxy groups -OCH3 is 2. The molecule has 2 atom stereocenters. The van der Waals surface area contributed by atoms with Crippen molar-refractivity contribution in [2.45, 2.75) is 12.5 Å². The Balaban J connectivity index is 1.86. The van der Waals surface area contributed by atoms with Gasteiger partial charge in [-0.15, -0.1) is 0 Å². The molecule has 1 fully saturated rings. The largest absolute Gasteiger partial charge is 0.493 e. The Morgan fingerprint density at radius 3 is 2.41 bits per heavy atom. The van der Waals surface area contributed by atoms with E-state index >= 15 is 0 Å². The summed E-state index contributed by atoms with van der Waals surface area (Å²) in [6.07, 6.45) is 0. The number of rotatable bonds is 7. The summed E-state index contributed by atoms with van der Waals surface area (Å²) in [5.41, 5.74) is 7.92. The number of nitrogens with zero attached hydrogens (tertiary/aromatic N) is 2. The maximum Gasteiger partial charge on any atom is 0.277 e. The van der Waals surface area contributed by atoms with Gasteiger partial charge in [0.05, 0.1) is 25.2 Å². The fourth-order valence-electron chi connectivity index (χ4n) is 3.85. The van der Waals surface area contributed by atoms with Crippen LogP contribution in [0.25, 0.3) is 0 Å². The molecule has 2 N–H and O–H groups in total. The monoisotopic (exact) mass is 371 g/mol. The zero-order valence-corrected chi connectivity index (χ0v) is 15.6. The van der Waals surface area contributed by atoms with E-state index in [2.05, 4.69) is 17.0 Å². The molecular weight excluding hydrogens is 346 g/mol. The average Bonchev–Trinajstić information content (AvgIpc) is 3.11. The van der Waals surface area contributed by atoms with E-state index in [0.717, 1.165) is 13.1 Å². The van der Waals surface area contributed by atoms with Gasteiger partial charge in [0, 0.05) is 31.1 Å². The Bertz CT molecular complexity index is 797. The second-order valence-electron chi connectivity index (χ2n) is 6.80. The maximum atomic E-state index is 11.5. The predicted octanol–water partition coefficient (Wildman–Crippen LogP) is 2.79. The number of benzene rings is 2. The number of ether oxygens (including phenoxy) is 2. The minimum atomic E-state index is -0.373.